The van der Waals surface area contributed by atoms with E-state index in [-0.39, 0.29) is 24.3 Å². The fourth-order valence-corrected chi connectivity index (χ4v) is 6.20. The number of phenols is 1. The van der Waals surface area contributed by atoms with Crippen molar-refractivity contribution in [1.29, 1.82) is 0 Å². The monoisotopic (exact) mass is 875 g/mol. The second kappa shape index (κ2) is 23.8. The van der Waals surface area contributed by atoms with Gasteiger partial charge in [-0.15, -0.1) is 0 Å². The first-order valence-corrected chi connectivity index (χ1v) is 20.4. The lowest BCUT2D eigenvalue weighted by Gasteiger charge is -2.30. The Hall–Kier alpha value is -7.05. The molecule has 0 unspecified atom stereocenters. The van der Waals surface area contributed by atoms with E-state index in [0.717, 1.165) is 0 Å². The fourth-order valence-electron chi connectivity index (χ4n) is 6.20. The third-order valence-corrected chi connectivity index (χ3v) is 10.1. The first-order chi connectivity index (χ1) is 29.7. The molecule has 0 aliphatic carbocycles. The molecule has 340 valence electrons. The van der Waals surface area contributed by atoms with Gasteiger partial charge in [-0.05, 0) is 70.2 Å². The van der Waals surface area contributed by atoms with E-state index in [2.05, 4.69) is 37.2 Å². The number of cyclic esters (lactones) is 1. The second-order valence-electron chi connectivity index (χ2n) is 15.4. The zero-order valence-electron chi connectivity index (χ0n) is 36.3. The Morgan fingerprint density at radius 3 is 2.05 bits per heavy atom. The van der Waals surface area contributed by atoms with Crippen molar-refractivity contribution in [3.8, 4) is 5.75 Å². The number of phenolic OH excluding ortho intramolecular Hbond substituents is 1. The van der Waals surface area contributed by atoms with Crippen LogP contribution in [-0.4, -0.2) is 106 Å². The summed E-state index contributed by atoms with van der Waals surface area (Å²) in [5, 5.41) is 36.9. The van der Waals surface area contributed by atoms with Gasteiger partial charge in [0.05, 0.1) is 0 Å². The minimum Gasteiger partial charge on any atom is -0.508 e. The number of hydrogen-bond acceptors (Lipinski definition) is 11. The van der Waals surface area contributed by atoms with Crippen molar-refractivity contribution in [3.63, 3.8) is 0 Å². The third-order valence-electron chi connectivity index (χ3n) is 10.1. The van der Waals surface area contributed by atoms with Gasteiger partial charge in [-0.25, -0.2) is 4.79 Å². The molecule has 0 aromatic heterocycles. The third kappa shape index (κ3) is 15.4. The molecule has 1 saturated heterocycles. The average molecular weight is 876 g/mol. The average Bonchev–Trinajstić information content (AvgIpc) is 3.24. The number of ether oxygens (including phenoxy) is 1. The molecule has 1 aliphatic rings. The standard InChI is InChI=1S/C44H57N7O12/c1-8-24(5)37(55)50-35(23(3)4)42(60)48-32(21-28-15-17-29(52)18-16-28)41(59)51-36-26(7)63-44(62)33(22-27-13-11-10-12-14-27)49-40(58)31(19-20-34(53)54)47-39(57)30(9-2)46-38(56)25(6)45-43(36)61/h8-18,23,25-26,31-33,35-36,52H,19-22H2,1-7H3,(H,45,61)(H,46,56)(H,47,57)(H,48,60)(H,49,58)(H,50,55)(H,51,59)(H,53,54)/t25-,26+,31+,32+,33-,35-,36-/m0/s1. The van der Waals surface area contributed by atoms with Crippen LogP contribution in [0.3, 0.4) is 0 Å². The summed E-state index contributed by atoms with van der Waals surface area (Å²) in [5.41, 5.74) is 1.04. The Morgan fingerprint density at radius 2 is 1.46 bits per heavy atom. The van der Waals surface area contributed by atoms with Crippen molar-refractivity contribution >= 4 is 53.3 Å². The van der Waals surface area contributed by atoms with Gasteiger partial charge in [0.25, 0.3) is 5.91 Å². The van der Waals surface area contributed by atoms with Gasteiger partial charge in [0.1, 0.15) is 53.8 Å². The normalized spacial score (nSPS) is 22.0. The number of rotatable bonds is 14. The van der Waals surface area contributed by atoms with Crippen molar-refractivity contribution < 1.29 is 58.1 Å². The number of amides is 7. The summed E-state index contributed by atoms with van der Waals surface area (Å²) in [7, 11) is 0. The summed E-state index contributed by atoms with van der Waals surface area (Å²) in [6, 6.07) is 5.51. The highest BCUT2D eigenvalue weighted by Crippen LogP contribution is 2.15. The molecule has 19 heteroatoms. The Balaban J connectivity index is 2.09. The van der Waals surface area contributed by atoms with Crippen LogP contribution in [-0.2, 0) is 60.7 Å². The molecule has 0 saturated carbocycles. The summed E-state index contributed by atoms with van der Waals surface area (Å²) < 4.78 is 5.77. The number of allylic oxidation sites excluding steroid dienone is 2. The van der Waals surface area contributed by atoms with E-state index in [1.165, 1.54) is 51.1 Å². The van der Waals surface area contributed by atoms with E-state index < -0.39 is 114 Å². The van der Waals surface area contributed by atoms with E-state index in [1.807, 2.05) is 0 Å². The topological polar surface area (TPSA) is 288 Å². The van der Waals surface area contributed by atoms with Gasteiger partial charge in [-0.1, -0.05) is 68.5 Å². The molecule has 9 N–H and O–H groups in total. The molecule has 1 aliphatic heterocycles. The van der Waals surface area contributed by atoms with Crippen molar-refractivity contribution in [2.24, 2.45) is 5.92 Å². The van der Waals surface area contributed by atoms with Crippen LogP contribution in [0.15, 0.2) is 78.0 Å². The number of carboxylic acids is 1. The largest absolute Gasteiger partial charge is 0.508 e. The molecule has 0 radical (unpaired) electrons. The smallest absolute Gasteiger partial charge is 0.329 e. The van der Waals surface area contributed by atoms with Gasteiger partial charge >= 0.3 is 11.9 Å². The molecule has 2 aromatic carbocycles. The number of aliphatic carboxylic acids is 1. The van der Waals surface area contributed by atoms with Gasteiger partial charge in [0, 0.05) is 24.8 Å². The second-order valence-corrected chi connectivity index (χ2v) is 15.4. The van der Waals surface area contributed by atoms with Gasteiger partial charge in [-0.2, -0.15) is 0 Å². The van der Waals surface area contributed by atoms with Gasteiger partial charge in [0.2, 0.25) is 35.4 Å². The van der Waals surface area contributed by atoms with Crippen molar-refractivity contribution in [2.75, 3.05) is 0 Å². The van der Waals surface area contributed by atoms with Gasteiger partial charge in [0.15, 0.2) is 0 Å². The number of nitrogens with one attached hydrogen (secondary N) is 7. The highest BCUT2D eigenvalue weighted by Gasteiger charge is 2.38. The Bertz CT molecular complexity index is 2070. The summed E-state index contributed by atoms with van der Waals surface area (Å²) in [5.74, 6) is -8.93. The molecule has 3 rings (SSSR count). The molecule has 7 amide bonds. The minimum atomic E-state index is -1.76. The number of aromatic hydroxyl groups is 1. The quantitative estimate of drug-likeness (QED) is 0.0930. The Morgan fingerprint density at radius 1 is 0.810 bits per heavy atom. The van der Waals surface area contributed by atoms with E-state index >= 15 is 0 Å². The summed E-state index contributed by atoms with van der Waals surface area (Å²) in [6.45, 7) is 10.6. The molecule has 7 atom stereocenters. The zero-order valence-corrected chi connectivity index (χ0v) is 36.3. The van der Waals surface area contributed by atoms with Gasteiger partial charge in [-0.3, -0.25) is 38.4 Å². The van der Waals surface area contributed by atoms with Crippen molar-refractivity contribution in [2.45, 2.75) is 117 Å². The predicted molar refractivity (Wildman–Crippen MR) is 228 cm³/mol. The fraction of sp³-hybridized carbons (Fsp3) is 0.432. The van der Waals surface area contributed by atoms with Crippen LogP contribution in [0.25, 0.3) is 0 Å². The number of esters is 1. The molecule has 63 heavy (non-hydrogen) atoms. The predicted octanol–water partition coefficient (Wildman–Crippen LogP) is 0.558. The molecule has 1 heterocycles. The SMILES string of the molecule is CC=C(C)C(=O)N[C@H](C(=O)N[C@H](Cc1ccc(O)cc1)C(=O)N[C@@H]1C(=O)N[C@@H](C)C(=O)NC(=CC)C(=O)N[C@H](CCC(=O)O)C(=O)N[C@@H](Cc2ccccc2)C(=O)O[C@@H]1C)C(C)C. The maximum Gasteiger partial charge on any atom is 0.329 e. The van der Waals surface area contributed by atoms with Crippen molar-refractivity contribution in [1.82, 2.24) is 37.2 Å². The van der Waals surface area contributed by atoms with E-state index in [9.17, 15) is 53.4 Å². The number of carbonyl (C=O) groups is 9. The molecule has 2 aromatic rings. The van der Waals surface area contributed by atoms with Crippen molar-refractivity contribution in [3.05, 3.63) is 89.1 Å². The lowest BCUT2D eigenvalue weighted by atomic mass is 10.00. The number of carbonyl (C=O) groups excluding carboxylic acids is 8. The maximum absolute atomic E-state index is 14.4. The van der Waals surface area contributed by atoms with Crippen LogP contribution in [0.5, 0.6) is 5.75 Å². The highest BCUT2D eigenvalue weighted by atomic mass is 16.5. The van der Waals surface area contributed by atoms with Crippen LogP contribution in [0.2, 0.25) is 0 Å². The maximum atomic E-state index is 14.4. The lowest BCUT2D eigenvalue weighted by Crippen LogP contribution is -2.62. The van der Waals surface area contributed by atoms with Crippen LogP contribution in [0.1, 0.15) is 72.4 Å². The first-order valence-electron chi connectivity index (χ1n) is 20.4. The van der Waals surface area contributed by atoms with E-state index in [0.29, 0.717) is 16.7 Å². The van der Waals surface area contributed by atoms with E-state index in [4.69, 9.17) is 4.74 Å². The summed E-state index contributed by atoms with van der Waals surface area (Å²) in [6.07, 6.45) is -0.0327. The summed E-state index contributed by atoms with van der Waals surface area (Å²) in [4.78, 5) is 121. The minimum absolute atomic E-state index is 0.0676. The number of carboxylic acid groups (broad SMARTS) is 1. The number of hydrogen-bond donors (Lipinski definition) is 9. The lowest BCUT2D eigenvalue weighted by molar-refractivity contribution is -0.156. The Labute approximate surface area is 365 Å². The van der Waals surface area contributed by atoms with Crippen LogP contribution in [0, 0.1) is 5.92 Å². The van der Waals surface area contributed by atoms with Crippen LogP contribution in [0.4, 0.5) is 0 Å². The first kappa shape index (κ1) is 50.3. The molecule has 0 bridgehead atoms. The zero-order chi connectivity index (χ0) is 47.0. The highest BCUT2D eigenvalue weighted by molar-refractivity contribution is 6.02. The van der Waals surface area contributed by atoms with Gasteiger partial charge < -0.3 is 52.2 Å². The van der Waals surface area contributed by atoms with Crippen LogP contribution < -0.4 is 37.2 Å². The molecular formula is C44H57N7O12. The summed E-state index contributed by atoms with van der Waals surface area (Å²) >= 11 is 0. The molecule has 0 spiro atoms. The number of benzene rings is 2. The van der Waals surface area contributed by atoms with Crippen LogP contribution >= 0.6 is 0 Å². The van der Waals surface area contributed by atoms with E-state index in [1.54, 1.807) is 64.1 Å². The molecule has 19 nitrogen and oxygen atoms in total. The molecular weight excluding hydrogens is 819 g/mol. The molecule has 1 fully saturated rings. The Kier molecular flexibility index (Phi) is 19.0.